The zero-order chi connectivity index (χ0) is 16.8. The van der Waals surface area contributed by atoms with E-state index in [4.69, 9.17) is 16.3 Å². The maximum Gasteiger partial charge on any atom is 0.258 e. The number of methoxy groups -OCH3 is 1. The maximum atomic E-state index is 12.4. The molecule has 7 heteroatoms. The molecule has 120 valence electrons. The summed E-state index contributed by atoms with van der Waals surface area (Å²) in [4.78, 5) is 28.3. The molecule has 1 atom stereocenters. The first-order valence-electron chi connectivity index (χ1n) is 6.87. The molecule has 0 radical (unpaired) electrons. The Morgan fingerprint density at radius 2 is 1.91 bits per heavy atom. The molecule has 0 unspecified atom stereocenters. The van der Waals surface area contributed by atoms with Crippen molar-refractivity contribution in [3.05, 3.63) is 53.2 Å². The van der Waals surface area contributed by atoms with E-state index in [0.29, 0.717) is 22.1 Å². The number of nitrogens with zero attached hydrogens (tertiary/aromatic N) is 1. The number of carbonyl (C=O) groups is 2. The van der Waals surface area contributed by atoms with Gasteiger partial charge < -0.3 is 15.4 Å². The number of nitrogens with one attached hydrogen (secondary N) is 2. The van der Waals surface area contributed by atoms with Crippen molar-refractivity contribution in [2.45, 2.75) is 13.0 Å². The Morgan fingerprint density at radius 3 is 2.57 bits per heavy atom. The number of para-hydroxylation sites is 1. The summed E-state index contributed by atoms with van der Waals surface area (Å²) in [5.41, 5.74) is 0.716. The summed E-state index contributed by atoms with van der Waals surface area (Å²) in [6, 6.07) is 9.90. The molecule has 0 saturated carbocycles. The minimum atomic E-state index is -0.621. The predicted octanol–water partition coefficient (Wildman–Crippen LogP) is 2.96. The van der Waals surface area contributed by atoms with Crippen molar-refractivity contribution in [3.63, 3.8) is 0 Å². The number of pyridine rings is 1. The molecule has 0 fully saturated rings. The highest BCUT2D eigenvalue weighted by molar-refractivity contribution is 6.30. The minimum absolute atomic E-state index is 0.320. The van der Waals surface area contributed by atoms with Gasteiger partial charge in [0.2, 0.25) is 0 Å². The molecule has 1 aromatic carbocycles. The minimum Gasteiger partial charge on any atom is -0.372 e. The molecule has 2 aromatic rings. The van der Waals surface area contributed by atoms with Gasteiger partial charge in [-0.3, -0.25) is 9.59 Å². The van der Waals surface area contributed by atoms with E-state index in [1.54, 1.807) is 43.3 Å². The summed E-state index contributed by atoms with van der Waals surface area (Å²) in [5, 5.41) is 5.80. The van der Waals surface area contributed by atoms with Gasteiger partial charge in [0.1, 0.15) is 11.9 Å². The van der Waals surface area contributed by atoms with Crippen LogP contribution in [-0.2, 0) is 9.53 Å². The van der Waals surface area contributed by atoms with Crippen LogP contribution in [0.3, 0.4) is 0 Å². The molecule has 2 amide bonds. The van der Waals surface area contributed by atoms with Crippen molar-refractivity contribution in [1.82, 2.24) is 4.98 Å². The molecule has 2 rings (SSSR count). The first kappa shape index (κ1) is 16.9. The molecule has 0 aliphatic heterocycles. The molecule has 2 N–H and O–H groups in total. The normalized spacial score (nSPS) is 11.6. The van der Waals surface area contributed by atoms with Gasteiger partial charge in [0.05, 0.1) is 16.3 Å². The molecule has 1 heterocycles. The average molecular weight is 334 g/mol. The number of rotatable bonds is 5. The number of halogens is 1. The lowest BCUT2D eigenvalue weighted by Crippen LogP contribution is -2.27. The van der Waals surface area contributed by atoms with E-state index in [-0.39, 0.29) is 11.8 Å². The van der Waals surface area contributed by atoms with E-state index >= 15 is 0 Å². The van der Waals surface area contributed by atoms with Gasteiger partial charge >= 0.3 is 0 Å². The Labute approximate surface area is 138 Å². The van der Waals surface area contributed by atoms with Gasteiger partial charge in [-0.25, -0.2) is 4.98 Å². The van der Waals surface area contributed by atoms with Crippen LogP contribution in [0.5, 0.6) is 0 Å². The molecule has 0 spiro atoms. The van der Waals surface area contributed by atoms with Gasteiger partial charge in [-0.1, -0.05) is 23.7 Å². The third kappa shape index (κ3) is 4.51. The number of amides is 2. The Bertz CT molecular complexity index is 704. The molecule has 0 aliphatic carbocycles. The molecular weight excluding hydrogens is 318 g/mol. The second-order valence-corrected chi connectivity index (χ2v) is 5.16. The Balaban J connectivity index is 2.17. The Hall–Kier alpha value is -2.44. The number of ether oxygens (including phenoxy) is 1. The van der Waals surface area contributed by atoms with E-state index in [0.717, 1.165) is 0 Å². The number of anilines is 2. The third-order valence-corrected chi connectivity index (χ3v) is 3.34. The van der Waals surface area contributed by atoms with Crippen LogP contribution in [0.25, 0.3) is 0 Å². The molecule has 23 heavy (non-hydrogen) atoms. The summed E-state index contributed by atoms with van der Waals surface area (Å²) in [5.74, 6) is -0.357. The maximum absolute atomic E-state index is 12.4. The van der Waals surface area contributed by atoms with Crippen molar-refractivity contribution in [2.75, 3.05) is 17.7 Å². The van der Waals surface area contributed by atoms with Crippen molar-refractivity contribution in [1.29, 1.82) is 0 Å². The Kier molecular flexibility index (Phi) is 5.67. The van der Waals surface area contributed by atoms with Crippen LogP contribution in [0.15, 0.2) is 42.6 Å². The van der Waals surface area contributed by atoms with Gasteiger partial charge in [-0.15, -0.1) is 0 Å². The van der Waals surface area contributed by atoms with Gasteiger partial charge in [0, 0.05) is 13.3 Å². The topological polar surface area (TPSA) is 80.3 Å². The Morgan fingerprint density at radius 1 is 1.17 bits per heavy atom. The smallest absolute Gasteiger partial charge is 0.258 e. The highest BCUT2D eigenvalue weighted by Gasteiger charge is 2.17. The van der Waals surface area contributed by atoms with E-state index < -0.39 is 6.10 Å². The van der Waals surface area contributed by atoms with Crippen molar-refractivity contribution >= 4 is 34.9 Å². The van der Waals surface area contributed by atoms with E-state index in [2.05, 4.69) is 15.6 Å². The largest absolute Gasteiger partial charge is 0.372 e. The third-order valence-electron chi connectivity index (χ3n) is 3.12. The second-order valence-electron chi connectivity index (χ2n) is 4.73. The fraction of sp³-hybridized carbons (Fsp3) is 0.188. The van der Waals surface area contributed by atoms with E-state index in [1.165, 1.54) is 13.3 Å². The number of aromatic nitrogens is 1. The number of hydrogen-bond acceptors (Lipinski definition) is 4. The van der Waals surface area contributed by atoms with Crippen LogP contribution < -0.4 is 10.6 Å². The van der Waals surface area contributed by atoms with E-state index in [9.17, 15) is 9.59 Å². The van der Waals surface area contributed by atoms with Crippen LogP contribution in [0.1, 0.15) is 17.3 Å². The summed E-state index contributed by atoms with van der Waals surface area (Å²) in [6.45, 7) is 1.62. The number of carbonyl (C=O) groups excluding carboxylic acids is 2. The molecular formula is C16H16ClN3O3. The zero-order valence-electron chi connectivity index (χ0n) is 12.7. The highest BCUT2D eigenvalue weighted by atomic mass is 35.5. The molecule has 0 aliphatic rings. The molecule has 6 nitrogen and oxygen atoms in total. The van der Waals surface area contributed by atoms with Crippen molar-refractivity contribution in [3.8, 4) is 0 Å². The monoisotopic (exact) mass is 333 g/mol. The molecule has 1 aromatic heterocycles. The predicted molar refractivity (Wildman–Crippen MR) is 88.7 cm³/mol. The van der Waals surface area contributed by atoms with Crippen LogP contribution in [0.2, 0.25) is 5.02 Å². The zero-order valence-corrected chi connectivity index (χ0v) is 13.4. The summed E-state index contributed by atoms with van der Waals surface area (Å²) in [6.07, 6.45) is 0.814. The lowest BCUT2D eigenvalue weighted by molar-refractivity contribution is -0.124. The van der Waals surface area contributed by atoms with Crippen molar-refractivity contribution in [2.24, 2.45) is 0 Å². The lowest BCUT2D eigenvalue weighted by atomic mass is 10.1. The average Bonchev–Trinajstić information content (AvgIpc) is 2.56. The summed E-state index contributed by atoms with van der Waals surface area (Å²) in [7, 11) is 1.44. The second kappa shape index (κ2) is 7.71. The lowest BCUT2D eigenvalue weighted by Gasteiger charge is -2.13. The molecule has 0 saturated heterocycles. The first-order chi connectivity index (χ1) is 11.0. The fourth-order valence-corrected chi connectivity index (χ4v) is 1.88. The van der Waals surface area contributed by atoms with Crippen LogP contribution in [-0.4, -0.2) is 30.0 Å². The first-order valence-corrected chi connectivity index (χ1v) is 7.24. The number of benzene rings is 1. The standard InChI is InChI=1S/C16H16ClN3O3/c1-10(23-2)15(21)19-13-6-4-3-5-12(13)16(22)20-14-8-7-11(17)9-18-14/h3-10H,1-2H3,(H,19,21)(H,18,20,22)/t10-/m1/s1. The highest BCUT2D eigenvalue weighted by Crippen LogP contribution is 2.18. The van der Waals surface area contributed by atoms with Gasteiger partial charge in [-0.05, 0) is 31.2 Å². The van der Waals surface area contributed by atoms with Crippen LogP contribution >= 0.6 is 11.6 Å². The van der Waals surface area contributed by atoms with Gasteiger partial charge in [0.15, 0.2) is 0 Å². The van der Waals surface area contributed by atoms with Gasteiger partial charge in [0.25, 0.3) is 11.8 Å². The summed E-state index contributed by atoms with van der Waals surface area (Å²) < 4.78 is 4.96. The van der Waals surface area contributed by atoms with E-state index in [1.807, 2.05) is 0 Å². The summed E-state index contributed by atoms with van der Waals surface area (Å²) >= 11 is 5.76. The van der Waals surface area contributed by atoms with Gasteiger partial charge in [-0.2, -0.15) is 0 Å². The molecule has 0 bridgehead atoms. The van der Waals surface area contributed by atoms with Crippen LogP contribution in [0, 0.1) is 0 Å². The van der Waals surface area contributed by atoms with Crippen LogP contribution in [0.4, 0.5) is 11.5 Å². The fourth-order valence-electron chi connectivity index (χ4n) is 1.76. The van der Waals surface area contributed by atoms with Crippen molar-refractivity contribution < 1.29 is 14.3 Å². The SMILES string of the molecule is CO[C@H](C)C(=O)Nc1ccccc1C(=O)Nc1ccc(Cl)cn1. The quantitative estimate of drug-likeness (QED) is 0.881. The number of hydrogen-bond donors (Lipinski definition) is 2.